The summed E-state index contributed by atoms with van der Waals surface area (Å²) in [5.41, 5.74) is 0.990. The molecule has 1 saturated carbocycles. The van der Waals surface area contributed by atoms with Crippen molar-refractivity contribution in [3.05, 3.63) is 42.2 Å². The Bertz CT molecular complexity index is 662. The molecular weight excluding hydrogens is 272 g/mol. The van der Waals surface area contributed by atoms with Crippen LogP contribution in [0.4, 0.5) is 0 Å². The number of nitrogens with one attached hydrogen (secondary N) is 1. The minimum absolute atomic E-state index is 0.0968. The molecule has 7 nitrogen and oxygen atoms in total. The fraction of sp³-hybridized carbons (Fsp3) is 0.286. The topological polar surface area (TPSA) is 97.1 Å². The Morgan fingerprint density at radius 1 is 1.24 bits per heavy atom. The maximum absolute atomic E-state index is 12.0. The third-order valence-electron chi connectivity index (χ3n) is 3.53. The lowest BCUT2D eigenvalue weighted by Gasteiger charge is -2.32. The fourth-order valence-electron chi connectivity index (χ4n) is 2.25. The quantitative estimate of drug-likeness (QED) is 0.868. The van der Waals surface area contributed by atoms with Gasteiger partial charge >= 0.3 is 5.97 Å². The van der Waals surface area contributed by atoms with E-state index in [9.17, 15) is 9.59 Å². The van der Waals surface area contributed by atoms with E-state index in [2.05, 4.69) is 15.5 Å². The van der Waals surface area contributed by atoms with Crippen LogP contribution in [0.5, 0.6) is 0 Å². The van der Waals surface area contributed by atoms with E-state index in [0.717, 1.165) is 5.69 Å². The smallest absolute Gasteiger partial charge is 0.306 e. The molecule has 1 amide bonds. The second kappa shape index (κ2) is 5.35. The second-order valence-corrected chi connectivity index (χ2v) is 5.03. The lowest BCUT2D eigenvalue weighted by atomic mass is 9.80. The number of carboxylic acid groups (broad SMARTS) is 1. The number of hydrogen-bond acceptors (Lipinski definition) is 4. The SMILES string of the molecule is O=C(NC1CC(C(=O)O)C1)c1cnn(-c2ccccc2)n1. The van der Waals surface area contributed by atoms with Gasteiger partial charge < -0.3 is 10.4 Å². The summed E-state index contributed by atoms with van der Waals surface area (Å²) in [6.07, 6.45) is 2.33. The first kappa shape index (κ1) is 13.3. The highest BCUT2D eigenvalue weighted by atomic mass is 16.4. The third-order valence-corrected chi connectivity index (χ3v) is 3.53. The summed E-state index contributed by atoms with van der Waals surface area (Å²) in [6.45, 7) is 0. The van der Waals surface area contributed by atoms with Gasteiger partial charge in [0.15, 0.2) is 5.69 Å². The van der Waals surface area contributed by atoms with Crippen LogP contribution >= 0.6 is 0 Å². The molecule has 1 aliphatic rings. The van der Waals surface area contributed by atoms with Crippen LogP contribution < -0.4 is 5.32 Å². The van der Waals surface area contributed by atoms with Crippen LogP contribution in [0.25, 0.3) is 5.69 Å². The number of aromatic nitrogens is 3. The molecule has 2 N–H and O–H groups in total. The van der Waals surface area contributed by atoms with Gasteiger partial charge in [-0.15, -0.1) is 5.10 Å². The number of carbonyl (C=O) groups excluding carboxylic acids is 1. The van der Waals surface area contributed by atoms with E-state index in [-0.39, 0.29) is 23.6 Å². The van der Waals surface area contributed by atoms with Gasteiger partial charge in [0.2, 0.25) is 0 Å². The number of amides is 1. The lowest BCUT2D eigenvalue weighted by Crippen LogP contribution is -2.46. The molecule has 1 fully saturated rings. The Hall–Kier alpha value is -2.70. The summed E-state index contributed by atoms with van der Waals surface area (Å²) in [5, 5.41) is 19.7. The zero-order valence-electron chi connectivity index (χ0n) is 11.1. The van der Waals surface area contributed by atoms with Crippen LogP contribution in [0.15, 0.2) is 36.5 Å². The maximum atomic E-state index is 12.0. The molecule has 1 aliphatic carbocycles. The first-order valence-electron chi connectivity index (χ1n) is 6.65. The zero-order valence-corrected chi connectivity index (χ0v) is 11.1. The van der Waals surface area contributed by atoms with Crippen molar-refractivity contribution in [3.63, 3.8) is 0 Å². The molecular formula is C14H14N4O3. The Balaban J connectivity index is 1.62. The average molecular weight is 286 g/mol. The van der Waals surface area contributed by atoms with Crippen LogP contribution in [0, 0.1) is 5.92 Å². The number of aliphatic carboxylic acids is 1. The minimum atomic E-state index is -0.810. The van der Waals surface area contributed by atoms with Crippen molar-refractivity contribution in [2.45, 2.75) is 18.9 Å². The molecule has 1 aromatic heterocycles. The first-order valence-corrected chi connectivity index (χ1v) is 6.65. The Morgan fingerprint density at radius 3 is 2.62 bits per heavy atom. The van der Waals surface area contributed by atoms with E-state index in [4.69, 9.17) is 5.11 Å². The lowest BCUT2D eigenvalue weighted by molar-refractivity contribution is -0.145. The highest BCUT2D eigenvalue weighted by Crippen LogP contribution is 2.27. The van der Waals surface area contributed by atoms with Crippen molar-refractivity contribution in [1.82, 2.24) is 20.3 Å². The summed E-state index contributed by atoms with van der Waals surface area (Å²) >= 11 is 0. The molecule has 0 aliphatic heterocycles. The van der Waals surface area contributed by atoms with Gasteiger partial charge in [-0.3, -0.25) is 9.59 Å². The number of rotatable bonds is 4. The van der Waals surface area contributed by atoms with Crippen molar-refractivity contribution >= 4 is 11.9 Å². The van der Waals surface area contributed by atoms with E-state index >= 15 is 0 Å². The van der Waals surface area contributed by atoms with Crippen LogP contribution in [0.1, 0.15) is 23.3 Å². The number of nitrogens with zero attached hydrogens (tertiary/aromatic N) is 3. The second-order valence-electron chi connectivity index (χ2n) is 5.03. The van der Waals surface area contributed by atoms with Crippen molar-refractivity contribution in [3.8, 4) is 5.69 Å². The van der Waals surface area contributed by atoms with Crippen molar-refractivity contribution in [2.24, 2.45) is 5.92 Å². The van der Waals surface area contributed by atoms with Crippen molar-refractivity contribution in [1.29, 1.82) is 0 Å². The highest BCUT2D eigenvalue weighted by molar-refractivity contribution is 5.92. The summed E-state index contributed by atoms with van der Waals surface area (Å²) in [4.78, 5) is 24.1. The molecule has 21 heavy (non-hydrogen) atoms. The van der Waals surface area contributed by atoms with Gasteiger partial charge in [-0.05, 0) is 25.0 Å². The first-order chi connectivity index (χ1) is 10.1. The maximum Gasteiger partial charge on any atom is 0.306 e. The van der Waals surface area contributed by atoms with Gasteiger partial charge in [-0.1, -0.05) is 18.2 Å². The number of hydrogen-bond donors (Lipinski definition) is 2. The summed E-state index contributed by atoms with van der Waals surface area (Å²) in [7, 11) is 0. The van der Waals surface area contributed by atoms with E-state index in [1.165, 1.54) is 11.0 Å². The number of carboxylic acids is 1. The summed E-state index contributed by atoms with van der Waals surface area (Å²) < 4.78 is 0. The average Bonchev–Trinajstić information content (AvgIpc) is 2.92. The normalized spacial score (nSPS) is 20.6. The van der Waals surface area contributed by atoms with Crippen LogP contribution in [-0.2, 0) is 4.79 Å². The van der Waals surface area contributed by atoms with Gasteiger partial charge in [0, 0.05) is 6.04 Å². The molecule has 7 heteroatoms. The van der Waals surface area contributed by atoms with Gasteiger partial charge in [0.05, 0.1) is 17.8 Å². The molecule has 108 valence electrons. The van der Waals surface area contributed by atoms with Gasteiger partial charge in [-0.2, -0.15) is 9.90 Å². The zero-order chi connectivity index (χ0) is 14.8. The monoisotopic (exact) mass is 286 g/mol. The van der Waals surface area contributed by atoms with Gasteiger partial charge in [0.1, 0.15) is 0 Å². The largest absolute Gasteiger partial charge is 0.481 e. The van der Waals surface area contributed by atoms with Crippen molar-refractivity contribution in [2.75, 3.05) is 0 Å². The molecule has 0 spiro atoms. The predicted octanol–water partition coefficient (Wildman–Crippen LogP) is 0.860. The van der Waals surface area contributed by atoms with Crippen LogP contribution in [0.2, 0.25) is 0 Å². The highest BCUT2D eigenvalue weighted by Gasteiger charge is 2.35. The molecule has 0 unspecified atom stereocenters. The number of benzene rings is 1. The predicted molar refractivity (Wildman–Crippen MR) is 73.0 cm³/mol. The molecule has 0 saturated heterocycles. The van der Waals surface area contributed by atoms with Crippen LogP contribution in [-0.4, -0.2) is 38.0 Å². The molecule has 3 rings (SSSR count). The van der Waals surface area contributed by atoms with Crippen LogP contribution in [0.3, 0.4) is 0 Å². The fourth-order valence-corrected chi connectivity index (χ4v) is 2.25. The number of para-hydroxylation sites is 1. The minimum Gasteiger partial charge on any atom is -0.481 e. The van der Waals surface area contributed by atoms with E-state index < -0.39 is 5.97 Å². The Morgan fingerprint density at radius 2 is 1.95 bits per heavy atom. The van der Waals surface area contributed by atoms with E-state index in [0.29, 0.717) is 12.8 Å². The molecule has 0 atom stereocenters. The molecule has 2 aromatic rings. The molecule has 0 bridgehead atoms. The van der Waals surface area contributed by atoms with E-state index in [1.807, 2.05) is 30.3 Å². The van der Waals surface area contributed by atoms with E-state index in [1.54, 1.807) is 0 Å². The molecule has 0 radical (unpaired) electrons. The Labute approximate surface area is 120 Å². The van der Waals surface area contributed by atoms with Gasteiger partial charge in [-0.25, -0.2) is 0 Å². The Kier molecular flexibility index (Phi) is 3.39. The molecule has 1 aromatic carbocycles. The van der Waals surface area contributed by atoms with Gasteiger partial charge in [0.25, 0.3) is 5.91 Å². The summed E-state index contributed by atoms with van der Waals surface area (Å²) in [5.74, 6) is -1.49. The standard InChI is InChI=1S/C14H14N4O3/c19-13(16-10-6-9(7-10)14(20)21)12-8-15-18(17-12)11-4-2-1-3-5-11/h1-5,8-10H,6-7H2,(H,16,19)(H,20,21). The third kappa shape index (κ3) is 2.76. The van der Waals surface area contributed by atoms with Crippen molar-refractivity contribution < 1.29 is 14.7 Å². The number of carbonyl (C=O) groups is 2. The summed E-state index contributed by atoms with van der Waals surface area (Å²) in [6, 6.07) is 9.18. The molecule has 1 heterocycles.